The largest absolute Gasteiger partial charge is 0.355 e. The molecule has 1 aliphatic rings. The minimum Gasteiger partial charge on any atom is -0.355 e. The van der Waals surface area contributed by atoms with Crippen LogP contribution in [0, 0.1) is 11.3 Å². The van der Waals surface area contributed by atoms with E-state index < -0.39 is 0 Å². The van der Waals surface area contributed by atoms with E-state index in [1.165, 1.54) is 0 Å². The van der Waals surface area contributed by atoms with Gasteiger partial charge in [0.2, 0.25) is 5.91 Å². The molecule has 1 aromatic rings. The summed E-state index contributed by atoms with van der Waals surface area (Å²) in [5.41, 5.74) is 0.568. The van der Waals surface area contributed by atoms with Crippen molar-refractivity contribution in [2.24, 2.45) is 0 Å². The first-order chi connectivity index (χ1) is 8.70. The second kappa shape index (κ2) is 5.50. The number of amides is 1. The Hall–Kier alpha value is -2.09. The molecule has 2 heterocycles. The maximum atomic E-state index is 11.3. The molecule has 94 valence electrons. The number of nitriles is 1. The molecule has 0 saturated carbocycles. The van der Waals surface area contributed by atoms with Crippen molar-refractivity contribution in [3.8, 4) is 6.07 Å². The summed E-state index contributed by atoms with van der Waals surface area (Å²) in [4.78, 5) is 19.6. The zero-order chi connectivity index (χ0) is 13.0. The van der Waals surface area contributed by atoms with E-state index in [2.05, 4.69) is 16.0 Å². The van der Waals surface area contributed by atoms with Crippen LogP contribution in [0.5, 0.6) is 0 Å². The van der Waals surface area contributed by atoms with Gasteiger partial charge in [-0.3, -0.25) is 4.79 Å². The lowest BCUT2D eigenvalue weighted by Crippen LogP contribution is -2.33. The van der Waals surface area contributed by atoms with E-state index in [1.54, 1.807) is 19.2 Å². The molecule has 0 radical (unpaired) electrons. The minimum absolute atomic E-state index is 0.129. The zero-order valence-electron chi connectivity index (χ0n) is 10.5. The Labute approximate surface area is 107 Å². The van der Waals surface area contributed by atoms with E-state index in [0.717, 1.165) is 38.4 Å². The highest BCUT2D eigenvalue weighted by Crippen LogP contribution is 2.14. The Morgan fingerprint density at radius 2 is 2.17 bits per heavy atom. The molecule has 2 rings (SSSR count). The molecule has 18 heavy (non-hydrogen) atoms. The van der Waals surface area contributed by atoms with Gasteiger partial charge >= 0.3 is 0 Å². The second-order valence-electron chi connectivity index (χ2n) is 4.36. The summed E-state index contributed by atoms with van der Waals surface area (Å²) in [6.07, 6.45) is 2.53. The predicted molar refractivity (Wildman–Crippen MR) is 68.0 cm³/mol. The summed E-state index contributed by atoms with van der Waals surface area (Å²) >= 11 is 0. The highest BCUT2D eigenvalue weighted by Gasteiger charge is 2.17. The van der Waals surface area contributed by atoms with E-state index >= 15 is 0 Å². The normalized spacial score (nSPS) is 16.0. The van der Waals surface area contributed by atoms with Crippen LogP contribution in [-0.2, 0) is 4.79 Å². The monoisotopic (exact) mass is 244 g/mol. The maximum Gasteiger partial charge on any atom is 0.219 e. The van der Waals surface area contributed by atoms with Crippen LogP contribution in [0.3, 0.4) is 0 Å². The van der Waals surface area contributed by atoms with Crippen molar-refractivity contribution in [3.05, 3.63) is 23.9 Å². The molecular weight excluding hydrogens is 228 g/mol. The van der Waals surface area contributed by atoms with E-state index in [4.69, 9.17) is 5.26 Å². The molecule has 1 aromatic heterocycles. The van der Waals surface area contributed by atoms with Crippen LogP contribution in [0.25, 0.3) is 0 Å². The third-order valence-corrected chi connectivity index (χ3v) is 3.14. The summed E-state index contributed by atoms with van der Waals surface area (Å²) in [7, 11) is 0. The fourth-order valence-electron chi connectivity index (χ4n) is 2.10. The van der Waals surface area contributed by atoms with Gasteiger partial charge in [0.15, 0.2) is 0 Å². The Morgan fingerprint density at radius 1 is 1.33 bits per heavy atom. The SMILES string of the molecule is CC(=O)N1CCCN(c2ccc(C#N)cn2)CC1. The topological polar surface area (TPSA) is 60.2 Å². The fourth-order valence-corrected chi connectivity index (χ4v) is 2.10. The zero-order valence-corrected chi connectivity index (χ0v) is 10.5. The maximum absolute atomic E-state index is 11.3. The summed E-state index contributed by atoms with van der Waals surface area (Å²) in [5.74, 6) is 1.00. The van der Waals surface area contributed by atoms with Gasteiger partial charge in [-0.05, 0) is 18.6 Å². The van der Waals surface area contributed by atoms with Crippen LogP contribution in [0.2, 0.25) is 0 Å². The van der Waals surface area contributed by atoms with Crippen LogP contribution in [-0.4, -0.2) is 42.0 Å². The fraction of sp³-hybridized carbons (Fsp3) is 0.462. The molecular formula is C13H16N4O. The van der Waals surface area contributed by atoms with Crippen molar-refractivity contribution < 1.29 is 4.79 Å². The number of carbonyl (C=O) groups is 1. The van der Waals surface area contributed by atoms with Gasteiger partial charge in [0.25, 0.3) is 0 Å². The predicted octanol–water partition coefficient (Wildman–Crippen LogP) is 1.01. The number of aromatic nitrogens is 1. The van der Waals surface area contributed by atoms with Crippen LogP contribution in [0.4, 0.5) is 5.82 Å². The van der Waals surface area contributed by atoms with Crippen molar-refractivity contribution in [1.29, 1.82) is 5.26 Å². The number of anilines is 1. The molecule has 1 fully saturated rings. The molecule has 0 unspecified atom stereocenters. The summed E-state index contributed by atoms with van der Waals surface area (Å²) in [6.45, 7) is 4.83. The standard InChI is InChI=1S/C13H16N4O/c1-11(18)16-5-2-6-17(8-7-16)13-4-3-12(9-14)10-15-13/h3-4,10H,2,5-8H2,1H3. The van der Waals surface area contributed by atoms with Crippen molar-refractivity contribution in [2.45, 2.75) is 13.3 Å². The molecule has 1 aliphatic heterocycles. The van der Waals surface area contributed by atoms with Gasteiger partial charge in [-0.15, -0.1) is 0 Å². The number of pyridine rings is 1. The highest BCUT2D eigenvalue weighted by molar-refractivity contribution is 5.73. The average molecular weight is 244 g/mol. The molecule has 0 atom stereocenters. The molecule has 1 saturated heterocycles. The second-order valence-corrected chi connectivity index (χ2v) is 4.36. The lowest BCUT2D eigenvalue weighted by molar-refractivity contribution is -0.128. The summed E-state index contributed by atoms with van der Waals surface area (Å²) in [6, 6.07) is 5.69. The highest BCUT2D eigenvalue weighted by atomic mass is 16.2. The van der Waals surface area contributed by atoms with Crippen molar-refractivity contribution in [3.63, 3.8) is 0 Å². The molecule has 0 aliphatic carbocycles. The molecule has 0 N–H and O–H groups in total. The van der Waals surface area contributed by atoms with E-state index in [-0.39, 0.29) is 5.91 Å². The van der Waals surface area contributed by atoms with Crippen LogP contribution in [0.15, 0.2) is 18.3 Å². The number of rotatable bonds is 1. The third-order valence-electron chi connectivity index (χ3n) is 3.14. The Morgan fingerprint density at radius 3 is 2.78 bits per heavy atom. The van der Waals surface area contributed by atoms with Gasteiger partial charge in [-0.25, -0.2) is 4.98 Å². The number of hydrogen-bond donors (Lipinski definition) is 0. The summed E-state index contributed by atoms with van der Waals surface area (Å²) in [5, 5.41) is 8.73. The van der Waals surface area contributed by atoms with E-state index in [0.29, 0.717) is 5.56 Å². The first-order valence-corrected chi connectivity index (χ1v) is 6.07. The molecule has 5 nitrogen and oxygen atoms in total. The Kier molecular flexibility index (Phi) is 3.78. The van der Waals surface area contributed by atoms with E-state index in [9.17, 15) is 4.79 Å². The number of hydrogen-bond acceptors (Lipinski definition) is 4. The van der Waals surface area contributed by atoms with Crippen LogP contribution in [0.1, 0.15) is 18.9 Å². The average Bonchev–Trinajstić information content (AvgIpc) is 2.64. The van der Waals surface area contributed by atoms with Crippen molar-refractivity contribution >= 4 is 11.7 Å². The molecule has 1 amide bonds. The van der Waals surface area contributed by atoms with Gasteiger partial charge in [-0.2, -0.15) is 5.26 Å². The first-order valence-electron chi connectivity index (χ1n) is 6.07. The lowest BCUT2D eigenvalue weighted by Gasteiger charge is -2.22. The van der Waals surface area contributed by atoms with Crippen LogP contribution < -0.4 is 4.90 Å². The third kappa shape index (κ3) is 2.77. The Balaban J connectivity index is 2.05. The first kappa shape index (κ1) is 12.4. The molecule has 0 aromatic carbocycles. The van der Waals surface area contributed by atoms with Crippen LogP contribution >= 0.6 is 0 Å². The number of nitrogens with zero attached hydrogens (tertiary/aromatic N) is 4. The summed E-state index contributed by atoms with van der Waals surface area (Å²) < 4.78 is 0. The smallest absolute Gasteiger partial charge is 0.219 e. The van der Waals surface area contributed by atoms with Crippen molar-refractivity contribution in [2.75, 3.05) is 31.1 Å². The van der Waals surface area contributed by atoms with E-state index in [1.807, 2.05) is 11.0 Å². The molecule has 0 spiro atoms. The Bertz CT molecular complexity index is 463. The van der Waals surface area contributed by atoms with Gasteiger partial charge in [0.05, 0.1) is 5.56 Å². The minimum atomic E-state index is 0.129. The van der Waals surface area contributed by atoms with Gasteiger partial charge in [0.1, 0.15) is 11.9 Å². The van der Waals surface area contributed by atoms with Gasteiger partial charge in [-0.1, -0.05) is 0 Å². The molecule has 0 bridgehead atoms. The lowest BCUT2D eigenvalue weighted by atomic mass is 10.3. The molecule has 5 heteroatoms. The van der Waals surface area contributed by atoms with Crippen molar-refractivity contribution in [1.82, 2.24) is 9.88 Å². The van der Waals surface area contributed by atoms with Gasteiger partial charge < -0.3 is 9.80 Å². The number of carbonyl (C=O) groups excluding carboxylic acids is 1. The van der Waals surface area contributed by atoms with Gasteiger partial charge in [0, 0.05) is 39.3 Å². The quantitative estimate of drug-likeness (QED) is 0.739.